The lowest BCUT2D eigenvalue weighted by Gasteiger charge is -2.18. The number of phosphoric acid groups is 3. The quantitative estimate of drug-likeness (QED) is 0.261. The molecule has 0 saturated carbocycles. The van der Waals surface area contributed by atoms with Gasteiger partial charge in [0.05, 0.1) is 12.0 Å². The Kier molecular flexibility index (Phi) is 6.66. The molecule has 4 atom stereocenters. The van der Waals surface area contributed by atoms with Crippen molar-refractivity contribution < 1.29 is 51.2 Å². The number of hydrogen-bond acceptors (Lipinski definition) is 11. The van der Waals surface area contributed by atoms with Crippen LogP contribution in [-0.2, 0) is 31.6 Å². The van der Waals surface area contributed by atoms with Crippen LogP contribution >= 0.6 is 35.2 Å². The maximum absolute atomic E-state index is 11.9. The van der Waals surface area contributed by atoms with Gasteiger partial charge in [-0.2, -0.15) is 13.6 Å². The summed E-state index contributed by atoms with van der Waals surface area (Å²) in [5, 5.41) is 0.273. The molecular weight excluding hydrogens is 493 g/mol. The molecule has 2 unspecified atom stereocenters. The zero-order chi connectivity index (χ0) is 22.3. The highest BCUT2D eigenvalue weighted by molar-refractivity contribution is 8.00. The first-order valence-electron chi connectivity index (χ1n) is 7.66. The molecule has 30 heavy (non-hydrogen) atoms. The van der Waals surface area contributed by atoms with Crippen LogP contribution < -0.4 is 11.3 Å². The van der Waals surface area contributed by atoms with Crippen LogP contribution in [0.25, 0.3) is 11.0 Å². The minimum absolute atomic E-state index is 0.0951. The molecule has 2 aromatic rings. The lowest BCUT2D eigenvalue weighted by Crippen LogP contribution is -2.17. The molecule has 7 N–H and O–H groups in total. The Hall–Kier alpha value is -1.06. The van der Waals surface area contributed by atoms with E-state index in [4.69, 9.17) is 25.2 Å². The summed E-state index contributed by atoms with van der Waals surface area (Å²) in [5.41, 5.74) is 4.53. The van der Waals surface area contributed by atoms with Crippen LogP contribution in [0.15, 0.2) is 17.1 Å². The number of nitrogens with one attached hydrogen (secondary N) is 1. The molecule has 0 bridgehead atoms. The molecule has 3 heterocycles. The van der Waals surface area contributed by atoms with Gasteiger partial charge in [0.2, 0.25) is 5.95 Å². The SMILES string of the molecule is Nc1nc2c(ccn2[C@H]2CS[C@@H](COP(=O)(O)OP(=O)(O)OP(=O)(O)O)O2)c(=O)[nH]1. The molecule has 1 saturated heterocycles. The predicted octanol–water partition coefficient (Wildman–Crippen LogP) is 0.238. The lowest BCUT2D eigenvalue weighted by molar-refractivity contribution is -0.00192. The fourth-order valence-electron chi connectivity index (χ4n) is 2.43. The Labute approximate surface area is 170 Å². The molecule has 168 valence electrons. The van der Waals surface area contributed by atoms with Gasteiger partial charge in [-0.25, -0.2) is 13.7 Å². The third kappa shape index (κ3) is 6.01. The number of aromatic amines is 1. The highest BCUT2D eigenvalue weighted by Gasteiger charge is 2.41. The number of phosphoric ester groups is 1. The van der Waals surface area contributed by atoms with Crippen LogP contribution in [0.1, 0.15) is 6.23 Å². The summed E-state index contributed by atoms with van der Waals surface area (Å²) in [6.45, 7) is -0.597. The van der Waals surface area contributed by atoms with Crippen LogP contribution in [0.2, 0.25) is 0 Å². The Morgan fingerprint density at radius 2 is 1.97 bits per heavy atom. The second-order valence-electron chi connectivity index (χ2n) is 5.65. The largest absolute Gasteiger partial charge is 0.490 e. The monoisotopic (exact) mass is 508 g/mol. The summed E-state index contributed by atoms with van der Waals surface area (Å²) in [7, 11) is -16.3. The predicted molar refractivity (Wildman–Crippen MR) is 101 cm³/mol. The number of hydrogen-bond donors (Lipinski definition) is 6. The van der Waals surface area contributed by atoms with Crippen LogP contribution in [0.5, 0.6) is 0 Å². The van der Waals surface area contributed by atoms with Crippen molar-refractivity contribution in [3.63, 3.8) is 0 Å². The maximum Gasteiger partial charge on any atom is 0.490 e. The van der Waals surface area contributed by atoms with Crippen LogP contribution in [0.4, 0.5) is 5.95 Å². The van der Waals surface area contributed by atoms with Crippen molar-refractivity contribution in [2.24, 2.45) is 0 Å². The fourth-order valence-corrected chi connectivity index (χ4v) is 6.54. The van der Waals surface area contributed by atoms with Crippen molar-refractivity contribution >= 4 is 52.2 Å². The van der Waals surface area contributed by atoms with Gasteiger partial charge in [0, 0.05) is 11.9 Å². The molecule has 20 heteroatoms. The van der Waals surface area contributed by atoms with E-state index in [2.05, 4.69) is 23.1 Å². The van der Waals surface area contributed by atoms with Crippen molar-refractivity contribution in [3.8, 4) is 0 Å². The zero-order valence-corrected chi connectivity index (χ0v) is 18.0. The van der Waals surface area contributed by atoms with E-state index in [0.29, 0.717) is 5.75 Å². The molecule has 1 fully saturated rings. The van der Waals surface area contributed by atoms with Gasteiger partial charge >= 0.3 is 23.5 Å². The van der Waals surface area contributed by atoms with Crippen molar-refractivity contribution in [3.05, 3.63) is 22.6 Å². The third-order valence-electron chi connectivity index (χ3n) is 3.43. The summed E-state index contributed by atoms with van der Waals surface area (Å²) < 4.78 is 52.6. The number of anilines is 1. The average Bonchev–Trinajstić information content (AvgIpc) is 3.15. The second-order valence-corrected chi connectivity index (χ2v) is 11.3. The van der Waals surface area contributed by atoms with E-state index in [9.17, 15) is 23.4 Å². The molecule has 0 aliphatic carbocycles. The fraction of sp³-hybridized carbons (Fsp3) is 0.400. The molecular formula is C10H15N4O12P3S. The summed E-state index contributed by atoms with van der Waals surface area (Å²) in [4.78, 5) is 53.8. The topological polar surface area (TPSA) is 246 Å². The first-order valence-corrected chi connectivity index (χ1v) is 13.2. The molecule has 1 aliphatic rings. The summed E-state index contributed by atoms with van der Waals surface area (Å²) in [6.07, 6.45) is 0.901. The molecule has 16 nitrogen and oxygen atoms in total. The molecule has 0 radical (unpaired) electrons. The first kappa shape index (κ1) is 23.6. The van der Waals surface area contributed by atoms with Gasteiger partial charge in [-0.05, 0) is 6.07 Å². The van der Waals surface area contributed by atoms with E-state index in [1.54, 1.807) is 6.20 Å². The van der Waals surface area contributed by atoms with Gasteiger partial charge in [0.1, 0.15) is 11.7 Å². The number of H-pyrrole nitrogens is 1. The molecule has 0 amide bonds. The Bertz CT molecular complexity index is 1140. The Balaban J connectivity index is 1.62. The highest BCUT2D eigenvalue weighted by atomic mass is 32.2. The molecule has 0 aromatic carbocycles. The van der Waals surface area contributed by atoms with Crippen molar-refractivity contribution in [2.75, 3.05) is 18.1 Å². The normalized spacial score (nSPS) is 24.0. The van der Waals surface area contributed by atoms with E-state index >= 15 is 0 Å². The number of nitrogens with two attached hydrogens (primary N) is 1. The third-order valence-corrected chi connectivity index (χ3v) is 8.33. The number of aromatic nitrogens is 3. The maximum atomic E-state index is 11.9. The van der Waals surface area contributed by atoms with Crippen LogP contribution in [-0.4, -0.2) is 51.9 Å². The van der Waals surface area contributed by atoms with Gasteiger partial charge in [0.15, 0.2) is 5.65 Å². The van der Waals surface area contributed by atoms with Crippen LogP contribution in [0.3, 0.4) is 0 Å². The van der Waals surface area contributed by atoms with E-state index in [-0.39, 0.29) is 17.0 Å². The van der Waals surface area contributed by atoms with Gasteiger partial charge < -0.3 is 34.6 Å². The lowest BCUT2D eigenvalue weighted by atomic mass is 10.4. The molecule has 1 aliphatic heterocycles. The van der Waals surface area contributed by atoms with E-state index in [1.807, 2.05) is 0 Å². The summed E-state index contributed by atoms with van der Waals surface area (Å²) in [6, 6.07) is 1.51. The van der Waals surface area contributed by atoms with E-state index < -0.39 is 47.3 Å². The molecule has 3 rings (SSSR count). The van der Waals surface area contributed by atoms with E-state index in [1.165, 1.54) is 10.6 Å². The number of ether oxygens (including phenoxy) is 1. The first-order chi connectivity index (χ1) is 13.7. The Morgan fingerprint density at radius 3 is 2.63 bits per heavy atom. The van der Waals surface area contributed by atoms with Gasteiger partial charge in [-0.15, -0.1) is 11.8 Å². The standard InChI is InChI=1S/C10H15N4O12P3S/c11-10-12-8-5(9(15)13-10)1-2-14(8)6-4-30-7(24-6)3-23-28(19,20)26-29(21,22)25-27(16,17)18/h1-2,6-7H,3-4H2,(H,19,20)(H,21,22)(H2,16,17,18)(H3,11,12,13,15)/t6-,7+/m1/s1. The number of nitrogen functional groups attached to an aromatic ring is 1. The van der Waals surface area contributed by atoms with Crippen LogP contribution in [0, 0.1) is 0 Å². The van der Waals surface area contributed by atoms with E-state index in [0.717, 1.165) is 11.8 Å². The van der Waals surface area contributed by atoms with Gasteiger partial charge in [0.25, 0.3) is 5.56 Å². The van der Waals surface area contributed by atoms with Crippen molar-refractivity contribution in [1.82, 2.24) is 14.5 Å². The highest BCUT2D eigenvalue weighted by Crippen LogP contribution is 2.66. The Morgan fingerprint density at radius 1 is 1.27 bits per heavy atom. The number of fused-ring (bicyclic) bond motifs is 1. The summed E-state index contributed by atoms with van der Waals surface area (Å²) in [5.74, 6) is 0.227. The number of thioether (sulfide) groups is 1. The van der Waals surface area contributed by atoms with Gasteiger partial charge in [-0.3, -0.25) is 14.3 Å². The summed E-state index contributed by atoms with van der Waals surface area (Å²) >= 11 is 1.15. The molecule has 0 spiro atoms. The minimum atomic E-state index is -5.59. The number of nitrogens with zero attached hydrogens (tertiary/aromatic N) is 2. The second kappa shape index (κ2) is 8.47. The van der Waals surface area contributed by atoms with Crippen molar-refractivity contribution in [2.45, 2.75) is 11.7 Å². The van der Waals surface area contributed by atoms with Gasteiger partial charge in [-0.1, -0.05) is 0 Å². The number of rotatable bonds is 8. The average molecular weight is 508 g/mol. The smallest absolute Gasteiger partial charge is 0.369 e. The van der Waals surface area contributed by atoms with Crippen molar-refractivity contribution in [1.29, 1.82) is 0 Å². The molecule has 2 aromatic heterocycles. The minimum Gasteiger partial charge on any atom is -0.369 e. The zero-order valence-electron chi connectivity index (χ0n) is 14.5.